The van der Waals surface area contributed by atoms with Crippen LogP contribution in [0.5, 0.6) is 0 Å². The molecule has 3 rings (SSSR count). The van der Waals surface area contributed by atoms with Crippen molar-refractivity contribution in [1.82, 2.24) is 9.55 Å². The average molecular weight is 397 g/mol. The Morgan fingerprint density at radius 1 is 1.21 bits per heavy atom. The van der Waals surface area contributed by atoms with E-state index in [0.29, 0.717) is 16.7 Å². The molecule has 0 aliphatic carbocycles. The fraction of sp³-hybridized carbons (Fsp3) is 0.238. The Balaban J connectivity index is 1.59. The number of esters is 1. The summed E-state index contributed by atoms with van der Waals surface area (Å²) in [5.41, 5.74) is 0.636. The summed E-state index contributed by atoms with van der Waals surface area (Å²) >= 11 is 0. The molecule has 29 heavy (non-hydrogen) atoms. The molecule has 3 aromatic rings. The van der Waals surface area contributed by atoms with E-state index >= 15 is 0 Å². The smallest absolute Gasteiger partial charge is 0.307 e. The van der Waals surface area contributed by atoms with Crippen molar-refractivity contribution < 1.29 is 18.7 Å². The van der Waals surface area contributed by atoms with Gasteiger partial charge in [-0.3, -0.25) is 19.0 Å². The van der Waals surface area contributed by atoms with Gasteiger partial charge in [-0.15, -0.1) is 0 Å². The SMILES string of the molecule is C[C@H](OC(=O)CCc1nc2ccccc2c(=O)n1C)C(=O)Nc1cccc(F)c1. The molecule has 0 bridgehead atoms. The monoisotopic (exact) mass is 397 g/mol. The van der Waals surface area contributed by atoms with E-state index in [1.54, 1.807) is 31.3 Å². The highest BCUT2D eigenvalue weighted by Gasteiger charge is 2.19. The van der Waals surface area contributed by atoms with Gasteiger partial charge in [0.1, 0.15) is 11.6 Å². The van der Waals surface area contributed by atoms with Gasteiger partial charge in [0, 0.05) is 19.2 Å². The summed E-state index contributed by atoms with van der Waals surface area (Å²) in [6, 6.07) is 12.4. The number of aromatic nitrogens is 2. The van der Waals surface area contributed by atoms with Crippen LogP contribution in [0.25, 0.3) is 10.9 Å². The third-order valence-corrected chi connectivity index (χ3v) is 4.40. The van der Waals surface area contributed by atoms with Gasteiger partial charge in [-0.2, -0.15) is 0 Å². The number of halogens is 1. The predicted octanol–water partition coefficient (Wildman–Crippen LogP) is 2.58. The summed E-state index contributed by atoms with van der Waals surface area (Å²) in [6.45, 7) is 1.43. The zero-order chi connectivity index (χ0) is 21.0. The summed E-state index contributed by atoms with van der Waals surface area (Å²) < 4.78 is 19.7. The Hall–Kier alpha value is -3.55. The van der Waals surface area contributed by atoms with Crippen molar-refractivity contribution in [2.45, 2.75) is 25.9 Å². The molecule has 0 aliphatic heterocycles. The molecule has 1 aromatic heterocycles. The van der Waals surface area contributed by atoms with Crippen LogP contribution in [0.3, 0.4) is 0 Å². The van der Waals surface area contributed by atoms with Crippen LogP contribution in [-0.4, -0.2) is 27.5 Å². The minimum Gasteiger partial charge on any atom is -0.453 e. The van der Waals surface area contributed by atoms with Crippen molar-refractivity contribution in [3.8, 4) is 0 Å². The van der Waals surface area contributed by atoms with Crippen molar-refractivity contribution in [3.63, 3.8) is 0 Å². The van der Waals surface area contributed by atoms with Gasteiger partial charge >= 0.3 is 5.97 Å². The van der Waals surface area contributed by atoms with Gasteiger partial charge in [-0.25, -0.2) is 9.37 Å². The molecule has 2 aromatic carbocycles. The van der Waals surface area contributed by atoms with Crippen LogP contribution in [0.1, 0.15) is 19.2 Å². The second-order valence-corrected chi connectivity index (χ2v) is 6.54. The number of ether oxygens (including phenoxy) is 1. The van der Waals surface area contributed by atoms with E-state index in [0.717, 1.165) is 0 Å². The molecule has 8 heteroatoms. The summed E-state index contributed by atoms with van der Waals surface area (Å²) in [4.78, 5) is 41.0. The summed E-state index contributed by atoms with van der Waals surface area (Å²) in [5.74, 6) is -1.21. The Kier molecular flexibility index (Phi) is 6.01. The van der Waals surface area contributed by atoms with Crippen molar-refractivity contribution in [2.24, 2.45) is 7.05 Å². The zero-order valence-electron chi connectivity index (χ0n) is 16.0. The fourth-order valence-electron chi connectivity index (χ4n) is 2.82. The minimum absolute atomic E-state index is 0.0454. The first-order valence-corrected chi connectivity index (χ1v) is 9.05. The number of carbonyl (C=O) groups is 2. The highest BCUT2D eigenvalue weighted by molar-refractivity contribution is 5.95. The quantitative estimate of drug-likeness (QED) is 0.646. The molecule has 0 radical (unpaired) electrons. The summed E-state index contributed by atoms with van der Waals surface area (Å²) in [5, 5.41) is 2.99. The lowest BCUT2D eigenvalue weighted by atomic mass is 10.2. The van der Waals surface area contributed by atoms with Gasteiger partial charge in [0.25, 0.3) is 11.5 Å². The maximum atomic E-state index is 13.2. The Bertz CT molecular complexity index is 1130. The lowest BCUT2D eigenvalue weighted by molar-refractivity contribution is -0.153. The van der Waals surface area contributed by atoms with Crippen molar-refractivity contribution in [1.29, 1.82) is 0 Å². The zero-order valence-corrected chi connectivity index (χ0v) is 16.0. The summed E-state index contributed by atoms with van der Waals surface area (Å²) in [7, 11) is 1.59. The van der Waals surface area contributed by atoms with E-state index in [4.69, 9.17) is 4.74 Å². The fourth-order valence-corrected chi connectivity index (χ4v) is 2.82. The molecular weight excluding hydrogens is 377 g/mol. The van der Waals surface area contributed by atoms with Crippen LogP contribution >= 0.6 is 0 Å². The first kappa shape index (κ1) is 20.2. The number of anilines is 1. The van der Waals surface area contributed by atoms with Gasteiger partial charge < -0.3 is 10.1 Å². The third kappa shape index (κ3) is 4.84. The topological polar surface area (TPSA) is 90.3 Å². The van der Waals surface area contributed by atoms with Crippen LogP contribution in [0.4, 0.5) is 10.1 Å². The number of hydrogen-bond donors (Lipinski definition) is 1. The number of hydrogen-bond acceptors (Lipinski definition) is 5. The molecule has 1 atom stereocenters. The van der Waals surface area contributed by atoms with E-state index < -0.39 is 23.8 Å². The number of para-hydroxylation sites is 1. The highest BCUT2D eigenvalue weighted by Crippen LogP contribution is 2.11. The molecule has 0 aliphatic rings. The first-order chi connectivity index (χ1) is 13.8. The van der Waals surface area contributed by atoms with Crippen LogP contribution in [0, 0.1) is 5.82 Å². The van der Waals surface area contributed by atoms with Crippen LogP contribution in [-0.2, 0) is 27.8 Å². The van der Waals surface area contributed by atoms with E-state index in [-0.39, 0.29) is 24.1 Å². The number of rotatable bonds is 6. The van der Waals surface area contributed by atoms with Gasteiger partial charge in [-0.05, 0) is 37.3 Å². The van der Waals surface area contributed by atoms with Crippen LogP contribution in [0.15, 0.2) is 53.3 Å². The van der Waals surface area contributed by atoms with Crippen molar-refractivity contribution in [3.05, 3.63) is 70.5 Å². The van der Waals surface area contributed by atoms with Crippen LogP contribution < -0.4 is 10.9 Å². The molecule has 0 spiro atoms. The Labute approximate surface area is 166 Å². The molecule has 0 fully saturated rings. The second-order valence-electron chi connectivity index (χ2n) is 6.54. The van der Waals surface area contributed by atoms with E-state index in [9.17, 15) is 18.8 Å². The number of fused-ring (bicyclic) bond motifs is 1. The van der Waals surface area contributed by atoms with Gasteiger partial charge in [0.2, 0.25) is 0 Å². The average Bonchev–Trinajstić information content (AvgIpc) is 2.69. The lowest BCUT2D eigenvalue weighted by Gasteiger charge is -2.14. The molecule has 1 heterocycles. The number of carbonyl (C=O) groups excluding carboxylic acids is 2. The van der Waals surface area contributed by atoms with Crippen LogP contribution in [0.2, 0.25) is 0 Å². The number of amides is 1. The molecule has 150 valence electrons. The largest absolute Gasteiger partial charge is 0.453 e. The van der Waals surface area contributed by atoms with Gasteiger partial charge in [-0.1, -0.05) is 18.2 Å². The number of nitrogens with zero attached hydrogens (tertiary/aromatic N) is 2. The second kappa shape index (κ2) is 8.64. The molecule has 0 saturated heterocycles. The van der Waals surface area contributed by atoms with E-state index in [1.165, 1.54) is 35.8 Å². The Morgan fingerprint density at radius 2 is 1.97 bits per heavy atom. The Morgan fingerprint density at radius 3 is 2.72 bits per heavy atom. The number of aryl methyl sites for hydroxylation is 1. The molecule has 0 saturated carbocycles. The standard InChI is InChI=1S/C21H20FN3O4/c1-13(20(27)23-15-7-5-6-14(22)12-15)29-19(26)11-10-18-24-17-9-4-3-8-16(17)21(28)25(18)2/h3-9,12-13H,10-11H2,1-2H3,(H,23,27)/t13-/m0/s1. The first-order valence-electron chi connectivity index (χ1n) is 9.05. The molecule has 7 nitrogen and oxygen atoms in total. The van der Waals surface area contributed by atoms with E-state index in [1.807, 2.05) is 0 Å². The summed E-state index contributed by atoms with van der Waals surface area (Å²) in [6.07, 6.45) is -0.914. The maximum absolute atomic E-state index is 13.2. The normalized spacial score (nSPS) is 11.8. The van der Waals surface area contributed by atoms with E-state index in [2.05, 4.69) is 10.3 Å². The minimum atomic E-state index is -1.06. The maximum Gasteiger partial charge on any atom is 0.307 e. The lowest BCUT2D eigenvalue weighted by Crippen LogP contribution is -2.30. The predicted molar refractivity (Wildman–Crippen MR) is 106 cm³/mol. The van der Waals surface area contributed by atoms with Gasteiger partial charge in [0.15, 0.2) is 6.10 Å². The third-order valence-electron chi connectivity index (χ3n) is 4.40. The number of nitrogens with one attached hydrogen (secondary N) is 1. The molecular formula is C21H20FN3O4. The van der Waals surface area contributed by atoms with Crippen molar-refractivity contribution >= 4 is 28.5 Å². The van der Waals surface area contributed by atoms with Gasteiger partial charge in [0.05, 0.1) is 17.3 Å². The number of benzene rings is 2. The highest BCUT2D eigenvalue weighted by atomic mass is 19.1. The molecule has 1 N–H and O–H groups in total. The van der Waals surface area contributed by atoms with Crippen molar-refractivity contribution in [2.75, 3.05) is 5.32 Å². The molecule has 0 unspecified atom stereocenters. The molecule has 1 amide bonds.